The van der Waals surface area contributed by atoms with Gasteiger partial charge in [0.1, 0.15) is 0 Å². The molecule has 1 atom stereocenters. The molecule has 0 amide bonds. The summed E-state index contributed by atoms with van der Waals surface area (Å²) in [4.78, 5) is 39.3. The van der Waals surface area contributed by atoms with Gasteiger partial charge in [0.15, 0.2) is 6.10 Å². The highest BCUT2D eigenvalue weighted by molar-refractivity contribution is 6.04. The summed E-state index contributed by atoms with van der Waals surface area (Å²) >= 11 is 0. The molecule has 1 heterocycles. The second-order valence-corrected chi connectivity index (χ2v) is 6.31. The Morgan fingerprint density at radius 3 is 2.48 bits per heavy atom. The van der Waals surface area contributed by atoms with Crippen LogP contribution in [0.4, 0.5) is 0 Å². The number of hydrogen-bond acceptors (Lipinski definition) is 5. The van der Waals surface area contributed by atoms with E-state index < -0.39 is 23.8 Å². The number of H-pyrrole nitrogens is 1. The molecule has 0 spiro atoms. The zero-order valence-corrected chi connectivity index (χ0v) is 16.1. The zero-order chi connectivity index (χ0) is 20.1. The number of aromatic amines is 1. The number of aryl methyl sites for hydroxylation is 2. The third kappa shape index (κ3) is 4.73. The summed E-state index contributed by atoms with van der Waals surface area (Å²) in [5.41, 5.74) is 3.50. The van der Waals surface area contributed by atoms with Crippen molar-refractivity contribution in [3.05, 3.63) is 64.0 Å². The van der Waals surface area contributed by atoms with Crippen LogP contribution >= 0.6 is 0 Å². The maximum absolute atomic E-state index is 12.6. The molecule has 1 N–H and O–H groups in total. The van der Waals surface area contributed by atoms with Gasteiger partial charge in [0, 0.05) is 11.8 Å². The lowest BCUT2D eigenvalue weighted by molar-refractivity contribution is -0.140. The molecule has 0 fully saturated rings. The van der Waals surface area contributed by atoms with Crippen LogP contribution in [0.1, 0.15) is 50.2 Å². The van der Waals surface area contributed by atoms with Crippen molar-refractivity contribution in [2.75, 3.05) is 7.11 Å². The Balaban J connectivity index is 2.09. The third-order valence-corrected chi connectivity index (χ3v) is 4.19. The van der Waals surface area contributed by atoms with E-state index in [1.54, 1.807) is 19.9 Å². The van der Waals surface area contributed by atoms with Gasteiger partial charge in [0.05, 0.1) is 18.4 Å². The second-order valence-electron chi connectivity index (χ2n) is 6.31. The molecule has 0 radical (unpaired) electrons. The van der Waals surface area contributed by atoms with Crippen LogP contribution in [0.25, 0.3) is 6.08 Å². The maximum atomic E-state index is 12.6. The fourth-order valence-electron chi connectivity index (χ4n) is 2.81. The number of methoxy groups -OCH3 is 1. The summed E-state index contributed by atoms with van der Waals surface area (Å²) in [6.07, 6.45) is 1.92. The van der Waals surface area contributed by atoms with Crippen LogP contribution in [0, 0.1) is 20.8 Å². The summed E-state index contributed by atoms with van der Waals surface area (Å²) < 4.78 is 9.93. The molecule has 142 valence electrons. The van der Waals surface area contributed by atoms with Gasteiger partial charge in [-0.15, -0.1) is 0 Å². The quantitative estimate of drug-likeness (QED) is 0.478. The molecule has 0 aliphatic heterocycles. The monoisotopic (exact) mass is 369 g/mol. The lowest BCUT2D eigenvalue weighted by Crippen LogP contribution is -2.24. The number of esters is 2. The molecular formula is C21H23NO5. The number of rotatable bonds is 6. The molecule has 2 aromatic rings. The second kappa shape index (κ2) is 8.49. The van der Waals surface area contributed by atoms with Crippen molar-refractivity contribution in [2.45, 2.75) is 33.8 Å². The summed E-state index contributed by atoms with van der Waals surface area (Å²) in [6, 6.07) is 7.64. The molecule has 0 aliphatic rings. The number of aromatic nitrogens is 1. The van der Waals surface area contributed by atoms with E-state index in [2.05, 4.69) is 4.98 Å². The number of ketones is 1. The number of hydrogen-bond donors (Lipinski definition) is 1. The molecule has 0 aliphatic carbocycles. The van der Waals surface area contributed by atoms with E-state index in [-0.39, 0.29) is 5.69 Å². The largest absolute Gasteiger partial charge is 0.465 e. The standard InChI is InChI=1S/C21H23NO5/c1-12-7-6-8-16(11-12)9-10-17(23)27-15(4)20(24)19-13(2)18(14(3)22-19)21(25)26-5/h6-11,15,22H,1-5H3/b10-9+/t15-/m1/s1. The van der Waals surface area contributed by atoms with E-state index in [4.69, 9.17) is 9.47 Å². The molecule has 6 nitrogen and oxygen atoms in total. The predicted molar refractivity (Wildman–Crippen MR) is 102 cm³/mol. The Morgan fingerprint density at radius 2 is 1.85 bits per heavy atom. The number of nitrogens with one attached hydrogen (secondary N) is 1. The minimum Gasteiger partial charge on any atom is -0.465 e. The van der Waals surface area contributed by atoms with E-state index in [1.165, 1.54) is 20.1 Å². The van der Waals surface area contributed by atoms with Crippen LogP contribution in [0.3, 0.4) is 0 Å². The van der Waals surface area contributed by atoms with Crippen molar-refractivity contribution < 1.29 is 23.9 Å². The SMILES string of the molecule is COC(=O)c1c(C)[nH]c(C(=O)[C@@H](C)OC(=O)/C=C/c2cccc(C)c2)c1C. The first-order chi connectivity index (χ1) is 12.7. The zero-order valence-electron chi connectivity index (χ0n) is 16.1. The van der Waals surface area contributed by atoms with Gasteiger partial charge < -0.3 is 14.5 Å². The van der Waals surface area contributed by atoms with Gasteiger partial charge in [-0.1, -0.05) is 29.8 Å². The summed E-state index contributed by atoms with van der Waals surface area (Å²) in [6.45, 7) is 6.78. The van der Waals surface area contributed by atoms with Crippen LogP contribution in [-0.4, -0.2) is 35.9 Å². The summed E-state index contributed by atoms with van der Waals surface area (Å²) in [7, 11) is 1.28. The van der Waals surface area contributed by atoms with E-state index in [0.717, 1.165) is 11.1 Å². The average molecular weight is 369 g/mol. The van der Waals surface area contributed by atoms with Gasteiger partial charge in [-0.3, -0.25) is 4.79 Å². The number of Topliss-reactive ketones (excluding diaryl/α,β-unsaturated/α-hetero) is 1. The van der Waals surface area contributed by atoms with Crippen LogP contribution < -0.4 is 0 Å². The van der Waals surface area contributed by atoms with Gasteiger partial charge in [0.25, 0.3) is 0 Å². The fraction of sp³-hybridized carbons (Fsp3) is 0.286. The van der Waals surface area contributed by atoms with E-state index in [1.807, 2.05) is 31.2 Å². The first-order valence-corrected chi connectivity index (χ1v) is 8.51. The normalized spacial score (nSPS) is 12.0. The molecule has 1 aromatic heterocycles. The average Bonchev–Trinajstić information content (AvgIpc) is 2.93. The first kappa shape index (κ1) is 20.2. The molecule has 27 heavy (non-hydrogen) atoms. The molecule has 1 aromatic carbocycles. The van der Waals surface area contributed by atoms with Crippen molar-refractivity contribution in [1.29, 1.82) is 0 Å². The van der Waals surface area contributed by atoms with Gasteiger partial charge >= 0.3 is 11.9 Å². The molecule has 2 rings (SSSR count). The number of carbonyl (C=O) groups is 3. The molecule has 0 saturated heterocycles. The Labute approximate surface area is 158 Å². The van der Waals surface area contributed by atoms with Crippen molar-refractivity contribution >= 4 is 23.8 Å². The lowest BCUT2D eigenvalue weighted by Gasteiger charge is -2.10. The molecule has 0 saturated carbocycles. The number of benzene rings is 1. The van der Waals surface area contributed by atoms with Crippen molar-refractivity contribution in [2.24, 2.45) is 0 Å². The van der Waals surface area contributed by atoms with Crippen LogP contribution in [0.15, 0.2) is 30.3 Å². The van der Waals surface area contributed by atoms with Crippen molar-refractivity contribution in [1.82, 2.24) is 4.98 Å². The highest BCUT2D eigenvalue weighted by atomic mass is 16.5. The number of ether oxygens (including phenoxy) is 2. The van der Waals surface area contributed by atoms with E-state index >= 15 is 0 Å². The highest BCUT2D eigenvalue weighted by Crippen LogP contribution is 2.21. The predicted octanol–water partition coefficient (Wildman–Crippen LogP) is 3.55. The van der Waals surface area contributed by atoms with Crippen molar-refractivity contribution in [3.63, 3.8) is 0 Å². The Morgan fingerprint density at radius 1 is 1.15 bits per heavy atom. The molecular weight excluding hydrogens is 346 g/mol. The van der Waals surface area contributed by atoms with E-state index in [0.29, 0.717) is 16.8 Å². The number of carbonyl (C=O) groups excluding carboxylic acids is 3. The summed E-state index contributed by atoms with van der Waals surface area (Å²) in [5, 5.41) is 0. The third-order valence-electron chi connectivity index (χ3n) is 4.19. The Hall–Kier alpha value is -3.15. The first-order valence-electron chi connectivity index (χ1n) is 8.51. The van der Waals surface area contributed by atoms with E-state index in [9.17, 15) is 14.4 Å². The Bertz CT molecular complexity index is 907. The van der Waals surface area contributed by atoms with Crippen LogP contribution in [0.5, 0.6) is 0 Å². The molecule has 0 bridgehead atoms. The molecule has 0 unspecified atom stereocenters. The minimum absolute atomic E-state index is 0.232. The van der Waals surface area contributed by atoms with Crippen LogP contribution in [0.2, 0.25) is 0 Å². The lowest BCUT2D eigenvalue weighted by atomic mass is 10.1. The van der Waals surface area contributed by atoms with Gasteiger partial charge in [0.2, 0.25) is 5.78 Å². The molecule has 6 heteroatoms. The highest BCUT2D eigenvalue weighted by Gasteiger charge is 2.26. The van der Waals surface area contributed by atoms with Crippen LogP contribution in [-0.2, 0) is 14.3 Å². The minimum atomic E-state index is -0.998. The van der Waals surface area contributed by atoms with Gasteiger partial charge in [-0.25, -0.2) is 9.59 Å². The van der Waals surface area contributed by atoms with Gasteiger partial charge in [-0.05, 0) is 44.9 Å². The smallest absolute Gasteiger partial charge is 0.339 e. The van der Waals surface area contributed by atoms with Gasteiger partial charge in [-0.2, -0.15) is 0 Å². The fourth-order valence-corrected chi connectivity index (χ4v) is 2.81. The maximum Gasteiger partial charge on any atom is 0.339 e. The summed E-state index contributed by atoms with van der Waals surface area (Å²) in [5.74, 6) is -1.56. The Kier molecular flexibility index (Phi) is 6.34. The topological polar surface area (TPSA) is 85.5 Å². The van der Waals surface area contributed by atoms with Crippen molar-refractivity contribution in [3.8, 4) is 0 Å².